The molecule has 0 fully saturated rings. The number of rotatable bonds is 6. The number of carbonyl (C=O) groups excluding carboxylic acids is 2. The minimum atomic E-state index is -4.87. The van der Waals surface area contributed by atoms with Gasteiger partial charge in [-0.3, -0.25) is 14.6 Å². The zero-order valence-corrected chi connectivity index (χ0v) is 17.7. The molecule has 0 unspecified atom stereocenters. The molecular weight excluding hydrogens is 477 g/mol. The number of nitrogens with one attached hydrogen (secondary N) is 1. The van der Waals surface area contributed by atoms with E-state index < -0.39 is 36.3 Å². The van der Waals surface area contributed by atoms with Gasteiger partial charge in [-0.2, -0.15) is 0 Å². The number of carbonyl (C=O) groups is 2. The average molecular weight is 493 g/mol. The molecule has 4 rings (SSSR count). The largest absolute Gasteiger partial charge is 0.573 e. The van der Waals surface area contributed by atoms with Gasteiger partial charge in [-0.05, 0) is 60.5 Å². The summed E-state index contributed by atoms with van der Waals surface area (Å²) in [4.78, 5) is 28.3. The van der Waals surface area contributed by atoms with Gasteiger partial charge >= 0.3 is 6.36 Å². The van der Waals surface area contributed by atoms with Crippen molar-refractivity contribution in [2.45, 2.75) is 25.1 Å². The maximum Gasteiger partial charge on any atom is 0.573 e. The first-order valence-electron chi connectivity index (χ1n) is 10.1. The Labute approximate surface area is 194 Å². The van der Waals surface area contributed by atoms with Crippen LogP contribution < -0.4 is 20.5 Å². The Morgan fingerprint density at radius 3 is 2.37 bits per heavy atom. The lowest BCUT2D eigenvalue weighted by molar-refractivity contribution is -0.274. The normalized spacial score (nSPS) is 14.2. The number of nitrogens with two attached hydrogens (primary N) is 1. The summed E-state index contributed by atoms with van der Waals surface area (Å²) in [5.41, 5.74) is 4.79. The molecule has 3 aromatic rings. The quantitative estimate of drug-likeness (QED) is 0.462. The second-order valence-corrected chi connectivity index (χ2v) is 7.54. The van der Waals surface area contributed by atoms with E-state index in [1.54, 1.807) is 0 Å². The first-order chi connectivity index (χ1) is 16.4. The monoisotopic (exact) mass is 493 g/mol. The number of benzene rings is 2. The van der Waals surface area contributed by atoms with Gasteiger partial charge in [0, 0.05) is 23.9 Å². The van der Waals surface area contributed by atoms with Crippen LogP contribution in [0.1, 0.15) is 38.4 Å². The predicted octanol–water partition coefficient (Wildman–Crippen LogP) is 5.16. The van der Waals surface area contributed by atoms with Crippen molar-refractivity contribution in [3.63, 3.8) is 0 Å². The van der Waals surface area contributed by atoms with Crippen molar-refractivity contribution in [1.82, 2.24) is 4.98 Å². The van der Waals surface area contributed by atoms with Crippen molar-refractivity contribution in [2.75, 3.05) is 5.32 Å². The molecule has 1 aliphatic rings. The number of aromatic nitrogens is 1. The van der Waals surface area contributed by atoms with E-state index in [4.69, 9.17) is 10.5 Å². The predicted molar refractivity (Wildman–Crippen MR) is 113 cm³/mol. The van der Waals surface area contributed by atoms with Gasteiger partial charge in [0.15, 0.2) is 0 Å². The lowest BCUT2D eigenvalue weighted by Gasteiger charge is -2.17. The van der Waals surface area contributed by atoms with Crippen LogP contribution in [0.4, 0.5) is 27.6 Å². The van der Waals surface area contributed by atoms with E-state index in [1.165, 1.54) is 36.5 Å². The first-order valence-corrected chi connectivity index (χ1v) is 10.1. The molecule has 3 N–H and O–H groups in total. The van der Waals surface area contributed by atoms with Gasteiger partial charge in [-0.1, -0.05) is 0 Å². The summed E-state index contributed by atoms with van der Waals surface area (Å²) < 4.78 is 75.3. The maximum atomic E-state index is 14.3. The average Bonchev–Trinajstić information content (AvgIpc) is 3.08. The summed E-state index contributed by atoms with van der Waals surface area (Å²) in [7, 11) is 0. The third-order valence-electron chi connectivity index (χ3n) is 5.14. The molecule has 0 aliphatic heterocycles. The van der Waals surface area contributed by atoms with Crippen molar-refractivity contribution in [2.24, 2.45) is 5.73 Å². The molecule has 0 spiro atoms. The molecule has 2 amide bonds. The van der Waals surface area contributed by atoms with E-state index >= 15 is 0 Å². The Balaban J connectivity index is 1.68. The topological polar surface area (TPSA) is 104 Å². The van der Waals surface area contributed by atoms with Crippen LogP contribution in [0.2, 0.25) is 0 Å². The zero-order valence-electron chi connectivity index (χ0n) is 17.7. The molecule has 0 saturated heterocycles. The molecule has 1 heterocycles. The highest BCUT2D eigenvalue weighted by Gasteiger charge is 2.42. The van der Waals surface area contributed by atoms with Gasteiger partial charge in [-0.15, -0.1) is 13.2 Å². The second-order valence-electron chi connectivity index (χ2n) is 7.54. The van der Waals surface area contributed by atoms with Crippen LogP contribution in [-0.2, 0) is 12.3 Å². The Bertz CT molecular complexity index is 1290. The smallest absolute Gasteiger partial charge is 0.457 e. The zero-order chi connectivity index (χ0) is 25.4. The van der Waals surface area contributed by atoms with Crippen molar-refractivity contribution in [1.29, 1.82) is 0 Å². The number of anilines is 1. The number of ether oxygens (including phenoxy) is 2. The number of amides is 2. The number of hydrogen-bond donors (Lipinski definition) is 2. The molecule has 0 radical (unpaired) electrons. The maximum absolute atomic E-state index is 14.3. The Morgan fingerprint density at radius 2 is 1.71 bits per heavy atom. The molecule has 0 atom stereocenters. The van der Waals surface area contributed by atoms with Gasteiger partial charge in [0.1, 0.15) is 22.9 Å². The van der Waals surface area contributed by atoms with Gasteiger partial charge in [0.05, 0.1) is 5.56 Å². The first kappa shape index (κ1) is 23.9. The van der Waals surface area contributed by atoms with Crippen LogP contribution in [0, 0.1) is 0 Å². The van der Waals surface area contributed by atoms with Crippen LogP contribution >= 0.6 is 0 Å². The highest BCUT2D eigenvalue weighted by atomic mass is 19.4. The molecule has 1 aliphatic carbocycles. The third-order valence-corrected chi connectivity index (χ3v) is 5.14. The fourth-order valence-electron chi connectivity index (χ4n) is 3.65. The standard InChI is InChI=1S/C23H16F5N3O4/c24-22(25)9-7-15-16(22)5-6-18(34-13-1-3-14(4-2-13)35-23(26,27)28)19(15)21(33)31-12-8-10-30-17(11-12)20(29)32/h1-6,8,10-11H,7,9H2,(H2,29,32)(H,30,31,33). The van der Waals surface area contributed by atoms with Crippen molar-refractivity contribution in [3.05, 3.63) is 77.1 Å². The Morgan fingerprint density at radius 1 is 1.03 bits per heavy atom. The highest BCUT2D eigenvalue weighted by Crippen LogP contribution is 2.45. The lowest BCUT2D eigenvalue weighted by Crippen LogP contribution is -2.18. The van der Waals surface area contributed by atoms with Crippen LogP contribution in [-0.4, -0.2) is 23.2 Å². The summed E-state index contributed by atoms with van der Waals surface area (Å²) >= 11 is 0. The third kappa shape index (κ3) is 5.31. The molecule has 2 aromatic carbocycles. The SMILES string of the molecule is NC(=O)c1cc(NC(=O)c2c(Oc3ccc(OC(F)(F)F)cc3)ccc3c2CCC3(F)F)ccn1. The van der Waals surface area contributed by atoms with E-state index in [0.29, 0.717) is 0 Å². The number of alkyl halides is 5. The van der Waals surface area contributed by atoms with Gasteiger partial charge in [0.2, 0.25) is 0 Å². The molecule has 0 saturated carbocycles. The highest BCUT2D eigenvalue weighted by molar-refractivity contribution is 6.08. The second kappa shape index (κ2) is 8.85. The molecule has 182 valence electrons. The summed E-state index contributed by atoms with van der Waals surface area (Å²) in [6.07, 6.45) is -4.25. The van der Waals surface area contributed by atoms with E-state index in [9.17, 15) is 31.5 Å². The summed E-state index contributed by atoms with van der Waals surface area (Å²) in [5, 5.41) is 2.51. The molecule has 35 heavy (non-hydrogen) atoms. The van der Waals surface area contributed by atoms with Crippen molar-refractivity contribution in [3.8, 4) is 17.2 Å². The number of nitrogens with zero attached hydrogens (tertiary/aromatic N) is 1. The number of primary amides is 1. The molecular formula is C23H16F5N3O4. The molecule has 7 nitrogen and oxygen atoms in total. The van der Waals surface area contributed by atoms with Crippen LogP contribution in [0.15, 0.2) is 54.7 Å². The summed E-state index contributed by atoms with van der Waals surface area (Å²) in [5.74, 6) is -5.31. The number of halogens is 5. The molecule has 0 bridgehead atoms. The number of pyridine rings is 1. The summed E-state index contributed by atoms with van der Waals surface area (Å²) in [6.45, 7) is 0. The van der Waals surface area contributed by atoms with Crippen molar-refractivity contribution < 1.29 is 41.0 Å². The van der Waals surface area contributed by atoms with Crippen molar-refractivity contribution >= 4 is 17.5 Å². The molecule has 12 heteroatoms. The fraction of sp³-hybridized carbons (Fsp3) is 0.174. The van der Waals surface area contributed by atoms with Crippen LogP contribution in [0.3, 0.4) is 0 Å². The van der Waals surface area contributed by atoms with Gasteiger partial charge < -0.3 is 20.5 Å². The summed E-state index contributed by atoms with van der Waals surface area (Å²) in [6, 6.07) is 9.29. The fourth-order valence-corrected chi connectivity index (χ4v) is 3.65. The van der Waals surface area contributed by atoms with Crippen LogP contribution in [0.5, 0.6) is 17.2 Å². The van der Waals surface area contributed by atoms with Gasteiger partial charge in [-0.25, -0.2) is 8.78 Å². The van der Waals surface area contributed by atoms with E-state index in [0.717, 1.165) is 18.2 Å². The lowest BCUT2D eigenvalue weighted by atomic mass is 10.0. The van der Waals surface area contributed by atoms with E-state index in [-0.39, 0.29) is 46.0 Å². The molecule has 1 aromatic heterocycles. The Hall–Kier alpha value is -4.22. The minimum absolute atomic E-state index is 0.0400. The number of fused-ring (bicyclic) bond motifs is 1. The van der Waals surface area contributed by atoms with E-state index in [1.807, 2.05) is 0 Å². The van der Waals surface area contributed by atoms with E-state index in [2.05, 4.69) is 15.0 Å². The number of hydrogen-bond acceptors (Lipinski definition) is 5. The minimum Gasteiger partial charge on any atom is -0.457 e. The Kier molecular flexibility index (Phi) is 6.05. The van der Waals surface area contributed by atoms with Crippen LogP contribution in [0.25, 0.3) is 0 Å². The van der Waals surface area contributed by atoms with Gasteiger partial charge in [0.25, 0.3) is 17.7 Å².